The van der Waals surface area contributed by atoms with Gasteiger partial charge in [0.2, 0.25) is 0 Å². The van der Waals surface area contributed by atoms with Crippen LogP contribution in [0.5, 0.6) is 0 Å². The molecule has 2 atom stereocenters. The van der Waals surface area contributed by atoms with E-state index in [-0.39, 0.29) is 23.4 Å². The fraction of sp³-hybridized carbons (Fsp3) is 0.538. The molecule has 0 aliphatic heterocycles. The summed E-state index contributed by atoms with van der Waals surface area (Å²) >= 11 is 0. The van der Waals surface area contributed by atoms with Crippen LogP contribution in [0.1, 0.15) is 25.7 Å². The lowest BCUT2D eigenvalue weighted by atomic mass is 9.86. The number of nitro benzene ring substituents is 1. The Bertz CT molecular complexity index is 464. The fourth-order valence-corrected chi connectivity index (χ4v) is 2.58. The van der Waals surface area contributed by atoms with Crippen LogP contribution in [0.2, 0.25) is 0 Å². The van der Waals surface area contributed by atoms with E-state index in [4.69, 9.17) is 5.73 Å². The number of para-hydroxylation sites is 1. The SMILES string of the molecule is Nc1cccc(NCC2CCCCC2O)c1[N+](=O)[O-]. The molecule has 104 valence electrons. The molecule has 1 saturated carbocycles. The van der Waals surface area contributed by atoms with Crippen molar-refractivity contribution in [3.63, 3.8) is 0 Å². The Hall–Kier alpha value is -1.82. The second kappa shape index (κ2) is 5.88. The molecule has 1 aromatic carbocycles. The first kappa shape index (κ1) is 13.6. The highest BCUT2D eigenvalue weighted by Gasteiger charge is 2.24. The molecule has 0 radical (unpaired) electrons. The highest BCUT2D eigenvalue weighted by atomic mass is 16.6. The summed E-state index contributed by atoms with van der Waals surface area (Å²) < 4.78 is 0. The zero-order valence-electron chi connectivity index (χ0n) is 10.7. The maximum absolute atomic E-state index is 11.0. The van der Waals surface area contributed by atoms with Crippen LogP contribution in [0.25, 0.3) is 0 Å². The number of aliphatic hydroxyl groups is 1. The van der Waals surface area contributed by atoms with E-state index in [9.17, 15) is 15.2 Å². The van der Waals surface area contributed by atoms with E-state index in [0.717, 1.165) is 25.7 Å². The molecular formula is C13H19N3O3. The van der Waals surface area contributed by atoms with E-state index in [1.165, 1.54) is 6.07 Å². The van der Waals surface area contributed by atoms with E-state index in [1.807, 2.05) is 0 Å². The van der Waals surface area contributed by atoms with Crippen molar-refractivity contribution >= 4 is 17.1 Å². The first-order valence-electron chi connectivity index (χ1n) is 6.54. The molecule has 1 aliphatic carbocycles. The third-order valence-corrected chi connectivity index (χ3v) is 3.67. The molecular weight excluding hydrogens is 246 g/mol. The van der Waals surface area contributed by atoms with Gasteiger partial charge in [-0.25, -0.2) is 0 Å². The summed E-state index contributed by atoms with van der Waals surface area (Å²) in [4.78, 5) is 10.5. The summed E-state index contributed by atoms with van der Waals surface area (Å²) in [6, 6.07) is 4.84. The molecule has 1 aromatic rings. The van der Waals surface area contributed by atoms with Crippen molar-refractivity contribution in [3.05, 3.63) is 28.3 Å². The first-order valence-corrected chi connectivity index (χ1v) is 6.54. The predicted octanol–water partition coefficient (Wildman–Crippen LogP) is 2.14. The Morgan fingerprint density at radius 1 is 1.42 bits per heavy atom. The van der Waals surface area contributed by atoms with Crippen molar-refractivity contribution in [1.29, 1.82) is 0 Å². The molecule has 19 heavy (non-hydrogen) atoms. The van der Waals surface area contributed by atoms with E-state index in [1.54, 1.807) is 12.1 Å². The molecule has 4 N–H and O–H groups in total. The molecule has 6 nitrogen and oxygen atoms in total. The molecule has 2 unspecified atom stereocenters. The summed E-state index contributed by atoms with van der Waals surface area (Å²) in [7, 11) is 0. The molecule has 2 rings (SSSR count). The lowest BCUT2D eigenvalue weighted by Crippen LogP contribution is -2.30. The Balaban J connectivity index is 2.07. The zero-order chi connectivity index (χ0) is 13.8. The Kier molecular flexibility index (Phi) is 4.21. The number of aliphatic hydroxyl groups excluding tert-OH is 1. The lowest BCUT2D eigenvalue weighted by Gasteiger charge is -2.27. The van der Waals surface area contributed by atoms with Gasteiger partial charge in [-0.2, -0.15) is 0 Å². The number of nitrogens with one attached hydrogen (secondary N) is 1. The van der Waals surface area contributed by atoms with Crippen LogP contribution in [0.4, 0.5) is 17.1 Å². The predicted molar refractivity (Wildman–Crippen MR) is 74.0 cm³/mol. The zero-order valence-corrected chi connectivity index (χ0v) is 10.7. The maximum Gasteiger partial charge on any atom is 0.314 e. The van der Waals surface area contributed by atoms with Gasteiger partial charge < -0.3 is 16.2 Å². The summed E-state index contributed by atoms with van der Waals surface area (Å²) in [5.41, 5.74) is 6.11. The third-order valence-electron chi connectivity index (χ3n) is 3.67. The summed E-state index contributed by atoms with van der Waals surface area (Å²) in [5.74, 6) is 0.148. The lowest BCUT2D eigenvalue weighted by molar-refractivity contribution is -0.383. The van der Waals surface area contributed by atoms with Crippen LogP contribution >= 0.6 is 0 Å². The molecule has 0 aromatic heterocycles. The largest absolute Gasteiger partial charge is 0.393 e. The van der Waals surface area contributed by atoms with Crippen LogP contribution in [0.3, 0.4) is 0 Å². The average Bonchev–Trinajstić information content (AvgIpc) is 2.37. The second-order valence-corrected chi connectivity index (χ2v) is 4.99. The van der Waals surface area contributed by atoms with Crippen molar-refractivity contribution in [2.75, 3.05) is 17.6 Å². The highest BCUT2D eigenvalue weighted by molar-refractivity contribution is 5.74. The number of nitro groups is 1. The standard InChI is InChI=1S/C13H19N3O3/c14-10-5-3-6-11(13(10)16(18)19)15-8-9-4-1-2-7-12(9)17/h3,5-6,9,12,15,17H,1-2,4,7-8,14H2. The van der Waals surface area contributed by atoms with Crippen LogP contribution in [-0.4, -0.2) is 22.7 Å². The van der Waals surface area contributed by atoms with Gasteiger partial charge in [0.15, 0.2) is 0 Å². The highest BCUT2D eigenvalue weighted by Crippen LogP contribution is 2.31. The number of nitrogens with zero attached hydrogens (tertiary/aromatic N) is 1. The third kappa shape index (κ3) is 3.14. The smallest absolute Gasteiger partial charge is 0.314 e. The van der Waals surface area contributed by atoms with E-state index in [0.29, 0.717) is 12.2 Å². The van der Waals surface area contributed by atoms with Crippen molar-refractivity contribution in [2.45, 2.75) is 31.8 Å². The van der Waals surface area contributed by atoms with E-state index >= 15 is 0 Å². The monoisotopic (exact) mass is 265 g/mol. The number of anilines is 2. The van der Waals surface area contributed by atoms with Gasteiger partial charge in [0.05, 0.1) is 11.0 Å². The molecule has 0 heterocycles. The van der Waals surface area contributed by atoms with Gasteiger partial charge in [0.1, 0.15) is 11.4 Å². The molecule has 6 heteroatoms. The number of nitrogen functional groups attached to an aromatic ring is 1. The molecule has 0 bridgehead atoms. The summed E-state index contributed by atoms with van der Waals surface area (Å²) in [6.07, 6.45) is 3.59. The van der Waals surface area contributed by atoms with Gasteiger partial charge in [0.25, 0.3) is 0 Å². The van der Waals surface area contributed by atoms with Crippen molar-refractivity contribution in [1.82, 2.24) is 0 Å². The number of hydrogen-bond acceptors (Lipinski definition) is 5. The Morgan fingerprint density at radius 2 is 2.16 bits per heavy atom. The van der Waals surface area contributed by atoms with Gasteiger partial charge >= 0.3 is 5.69 Å². The summed E-state index contributed by atoms with van der Waals surface area (Å²) in [6.45, 7) is 0.533. The van der Waals surface area contributed by atoms with E-state index < -0.39 is 4.92 Å². The maximum atomic E-state index is 11.0. The first-order chi connectivity index (χ1) is 9.09. The number of nitrogens with two attached hydrogens (primary N) is 1. The quantitative estimate of drug-likeness (QED) is 0.440. The van der Waals surface area contributed by atoms with Crippen molar-refractivity contribution < 1.29 is 10.0 Å². The van der Waals surface area contributed by atoms with E-state index in [2.05, 4.69) is 5.32 Å². The molecule has 0 saturated heterocycles. The van der Waals surface area contributed by atoms with Crippen molar-refractivity contribution in [3.8, 4) is 0 Å². The number of benzene rings is 1. The minimum atomic E-state index is -0.477. The Morgan fingerprint density at radius 3 is 2.84 bits per heavy atom. The molecule has 0 spiro atoms. The minimum Gasteiger partial charge on any atom is -0.393 e. The second-order valence-electron chi connectivity index (χ2n) is 4.99. The van der Waals surface area contributed by atoms with Gasteiger partial charge in [-0.15, -0.1) is 0 Å². The number of hydrogen-bond donors (Lipinski definition) is 3. The average molecular weight is 265 g/mol. The fourth-order valence-electron chi connectivity index (χ4n) is 2.58. The normalized spacial score (nSPS) is 23.0. The van der Waals surface area contributed by atoms with Crippen LogP contribution in [-0.2, 0) is 0 Å². The van der Waals surface area contributed by atoms with Gasteiger partial charge in [0, 0.05) is 12.5 Å². The minimum absolute atomic E-state index is 0.0900. The van der Waals surface area contributed by atoms with Crippen molar-refractivity contribution in [2.24, 2.45) is 5.92 Å². The Labute approximate surface area is 111 Å². The van der Waals surface area contributed by atoms with Crippen LogP contribution in [0, 0.1) is 16.0 Å². The van der Waals surface area contributed by atoms with Gasteiger partial charge in [-0.1, -0.05) is 18.9 Å². The van der Waals surface area contributed by atoms with Crippen LogP contribution in [0.15, 0.2) is 18.2 Å². The summed E-state index contributed by atoms with van der Waals surface area (Å²) in [5, 5.41) is 23.9. The molecule has 1 fully saturated rings. The number of rotatable bonds is 4. The molecule has 0 amide bonds. The van der Waals surface area contributed by atoms with Gasteiger partial charge in [-0.05, 0) is 25.0 Å². The topological polar surface area (TPSA) is 101 Å². The van der Waals surface area contributed by atoms with Gasteiger partial charge in [-0.3, -0.25) is 10.1 Å². The molecule has 1 aliphatic rings. The van der Waals surface area contributed by atoms with Crippen LogP contribution < -0.4 is 11.1 Å².